The van der Waals surface area contributed by atoms with Gasteiger partial charge in [0.25, 0.3) is 0 Å². The van der Waals surface area contributed by atoms with Crippen molar-refractivity contribution >= 4 is 60.3 Å². The second kappa shape index (κ2) is 13.2. The Labute approximate surface area is 103 Å². The van der Waals surface area contributed by atoms with Crippen molar-refractivity contribution in [1.82, 2.24) is 0 Å². The number of halogens is 2. The van der Waals surface area contributed by atoms with Gasteiger partial charge in [-0.25, -0.2) is 0 Å². The Kier molecular flexibility index (Phi) is 18.6. The lowest BCUT2D eigenvalue weighted by molar-refractivity contribution is -0.134. The summed E-state index contributed by atoms with van der Waals surface area (Å²) < 4.78 is 0. The summed E-state index contributed by atoms with van der Waals surface area (Å²) in [5, 5.41) is 16.5. The highest BCUT2D eigenvalue weighted by molar-refractivity contribution is 8.03. The third kappa shape index (κ3) is 18.1. The summed E-state index contributed by atoms with van der Waals surface area (Å²) in [4.78, 5) is 20.0. The van der Waals surface area contributed by atoms with Gasteiger partial charge < -0.3 is 10.2 Å². The minimum Gasteiger partial charge on any atom is -0.481 e. The number of carboxylic acids is 2. The van der Waals surface area contributed by atoms with E-state index in [0.717, 1.165) is 0 Å². The van der Waals surface area contributed by atoms with Gasteiger partial charge in [0.05, 0.1) is 11.5 Å². The fourth-order valence-corrected chi connectivity index (χ4v) is 2.02. The van der Waals surface area contributed by atoms with Gasteiger partial charge >= 0.3 is 11.9 Å². The minimum atomic E-state index is -0.830. The highest BCUT2D eigenvalue weighted by atomic mass is 35.5. The molecule has 0 fully saturated rings. The van der Waals surface area contributed by atoms with Crippen LogP contribution in [0, 0.1) is 0 Å². The standard InChI is InChI=1S/C6H10O4S2.2ClH/c7-5(8)3-11-1-2-12-4-6(9)10;;/h1-4H2,(H,7,8)(H,9,10);2*1H. The first kappa shape index (κ1) is 19.7. The molecule has 4 nitrogen and oxygen atoms in total. The molecule has 0 aromatic carbocycles. The van der Waals surface area contributed by atoms with Crippen LogP contribution in [0.15, 0.2) is 0 Å². The normalized spacial score (nSPS) is 8.29. The number of thioether (sulfide) groups is 2. The Bertz CT molecular complexity index is 150. The first-order valence-electron chi connectivity index (χ1n) is 3.22. The number of carboxylic acid groups (broad SMARTS) is 2. The molecule has 0 aromatic rings. The minimum absolute atomic E-state index is 0. The van der Waals surface area contributed by atoms with Gasteiger partial charge in [0.1, 0.15) is 0 Å². The summed E-state index contributed by atoms with van der Waals surface area (Å²) in [5.41, 5.74) is 0. The molecule has 0 heterocycles. The second-order valence-corrected chi connectivity index (χ2v) is 4.10. The van der Waals surface area contributed by atoms with Crippen LogP contribution >= 0.6 is 48.3 Å². The lowest BCUT2D eigenvalue weighted by atomic mass is 10.8. The lowest BCUT2D eigenvalue weighted by Gasteiger charge is -1.96. The molecule has 0 unspecified atom stereocenters. The van der Waals surface area contributed by atoms with Crippen molar-refractivity contribution in [3.8, 4) is 0 Å². The molecule has 0 rings (SSSR count). The molecule has 0 aliphatic heterocycles. The highest BCUT2D eigenvalue weighted by Crippen LogP contribution is 2.06. The van der Waals surface area contributed by atoms with E-state index in [1.807, 2.05) is 0 Å². The highest BCUT2D eigenvalue weighted by Gasteiger charge is 1.98. The molecule has 0 aliphatic rings. The number of aliphatic carboxylic acids is 2. The third-order valence-electron chi connectivity index (χ3n) is 0.823. The first-order valence-corrected chi connectivity index (χ1v) is 5.53. The van der Waals surface area contributed by atoms with Crippen LogP contribution in [0.25, 0.3) is 0 Å². The van der Waals surface area contributed by atoms with E-state index >= 15 is 0 Å². The van der Waals surface area contributed by atoms with Crippen molar-refractivity contribution in [2.45, 2.75) is 0 Å². The molecular weight excluding hydrogens is 271 g/mol. The van der Waals surface area contributed by atoms with Crippen LogP contribution in [0.3, 0.4) is 0 Å². The maximum atomic E-state index is 10.0. The van der Waals surface area contributed by atoms with Gasteiger partial charge in [0.15, 0.2) is 0 Å². The molecule has 0 aliphatic carbocycles. The van der Waals surface area contributed by atoms with Crippen LogP contribution in [0.1, 0.15) is 0 Å². The summed E-state index contributed by atoms with van der Waals surface area (Å²) in [7, 11) is 0. The van der Waals surface area contributed by atoms with Gasteiger partial charge in [-0.1, -0.05) is 0 Å². The molecule has 0 spiro atoms. The van der Waals surface area contributed by atoms with Gasteiger partial charge in [0, 0.05) is 11.5 Å². The Balaban J connectivity index is -0.000000605. The smallest absolute Gasteiger partial charge is 0.313 e. The maximum absolute atomic E-state index is 10.0. The van der Waals surface area contributed by atoms with Crippen LogP contribution < -0.4 is 0 Å². The van der Waals surface area contributed by atoms with Gasteiger partial charge in [0.2, 0.25) is 0 Å². The molecule has 86 valence electrons. The van der Waals surface area contributed by atoms with Crippen molar-refractivity contribution in [1.29, 1.82) is 0 Å². The van der Waals surface area contributed by atoms with E-state index in [1.165, 1.54) is 23.5 Å². The second-order valence-electron chi connectivity index (χ2n) is 1.89. The molecule has 14 heavy (non-hydrogen) atoms. The van der Waals surface area contributed by atoms with E-state index in [1.54, 1.807) is 0 Å². The predicted octanol–water partition coefficient (Wildman–Crippen LogP) is 1.47. The zero-order chi connectivity index (χ0) is 9.40. The molecule has 0 saturated heterocycles. The van der Waals surface area contributed by atoms with Gasteiger partial charge in [-0.05, 0) is 0 Å². The summed E-state index contributed by atoms with van der Waals surface area (Å²) in [6.07, 6.45) is 0. The SMILES string of the molecule is Cl.Cl.O=C(O)CSCCSCC(=O)O. The average Bonchev–Trinajstić information content (AvgIpc) is 1.95. The van der Waals surface area contributed by atoms with Crippen molar-refractivity contribution in [3.05, 3.63) is 0 Å². The monoisotopic (exact) mass is 282 g/mol. The molecule has 0 amide bonds. The first-order chi connectivity index (χ1) is 5.63. The fraction of sp³-hybridized carbons (Fsp3) is 0.667. The van der Waals surface area contributed by atoms with Gasteiger partial charge in [-0.2, -0.15) is 0 Å². The topological polar surface area (TPSA) is 74.6 Å². The van der Waals surface area contributed by atoms with Crippen LogP contribution in [0.2, 0.25) is 0 Å². The molecular formula is C6H12Cl2O4S2. The maximum Gasteiger partial charge on any atom is 0.313 e. The third-order valence-corrected chi connectivity index (χ3v) is 2.97. The van der Waals surface area contributed by atoms with Crippen LogP contribution in [0.5, 0.6) is 0 Å². The van der Waals surface area contributed by atoms with Crippen LogP contribution in [-0.2, 0) is 9.59 Å². The molecule has 0 atom stereocenters. The molecule has 0 saturated carbocycles. The Morgan fingerprint density at radius 3 is 1.36 bits per heavy atom. The molecule has 0 aromatic heterocycles. The van der Waals surface area contributed by atoms with E-state index in [-0.39, 0.29) is 36.3 Å². The van der Waals surface area contributed by atoms with Gasteiger partial charge in [-0.15, -0.1) is 48.3 Å². The lowest BCUT2D eigenvalue weighted by Crippen LogP contribution is -2.02. The van der Waals surface area contributed by atoms with E-state index in [4.69, 9.17) is 10.2 Å². The van der Waals surface area contributed by atoms with E-state index in [0.29, 0.717) is 11.5 Å². The van der Waals surface area contributed by atoms with Crippen molar-refractivity contribution in [2.24, 2.45) is 0 Å². The summed E-state index contributed by atoms with van der Waals surface area (Å²) >= 11 is 2.60. The quantitative estimate of drug-likeness (QED) is 0.689. The van der Waals surface area contributed by atoms with Crippen molar-refractivity contribution in [3.63, 3.8) is 0 Å². The number of carbonyl (C=O) groups is 2. The van der Waals surface area contributed by atoms with Crippen molar-refractivity contribution < 1.29 is 19.8 Å². The Morgan fingerprint density at radius 1 is 0.857 bits per heavy atom. The summed E-state index contributed by atoms with van der Waals surface area (Å²) in [5.74, 6) is -0.109. The van der Waals surface area contributed by atoms with Crippen LogP contribution in [-0.4, -0.2) is 45.2 Å². The molecule has 8 heteroatoms. The fourth-order valence-electron chi connectivity index (χ4n) is 0.437. The largest absolute Gasteiger partial charge is 0.481 e. The molecule has 2 N–H and O–H groups in total. The zero-order valence-corrected chi connectivity index (χ0v) is 10.4. The molecule has 0 bridgehead atoms. The van der Waals surface area contributed by atoms with E-state index in [2.05, 4.69) is 0 Å². The van der Waals surface area contributed by atoms with Gasteiger partial charge in [-0.3, -0.25) is 9.59 Å². The van der Waals surface area contributed by atoms with Crippen molar-refractivity contribution in [2.75, 3.05) is 23.0 Å². The number of hydrogen-bond acceptors (Lipinski definition) is 4. The average molecular weight is 283 g/mol. The Morgan fingerprint density at radius 2 is 1.14 bits per heavy atom. The number of rotatable bonds is 7. The Hall–Kier alpha value is 0.220. The predicted molar refractivity (Wildman–Crippen MR) is 64.4 cm³/mol. The number of hydrogen-bond donors (Lipinski definition) is 2. The zero-order valence-electron chi connectivity index (χ0n) is 7.17. The van der Waals surface area contributed by atoms with E-state index in [9.17, 15) is 9.59 Å². The van der Waals surface area contributed by atoms with Crippen LogP contribution in [0.4, 0.5) is 0 Å². The summed E-state index contributed by atoms with van der Waals surface area (Å²) in [6.45, 7) is 0. The van der Waals surface area contributed by atoms with E-state index < -0.39 is 11.9 Å². The summed E-state index contributed by atoms with van der Waals surface area (Å²) in [6, 6.07) is 0. The molecule has 0 radical (unpaired) electrons.